The molecule has 0 radical (unpaired) electrons. The van der Waals surface area contributed by atoms with Gasteiger partial charge in [-0.3, -0.25) is 14.5 Å². The van der Waals surface area contributed by atoms with Gasteiger partial charge in [-0.15, -0.1) is 0 Å². The average molecular weight is 335 g/mol. The van der Waals surface area contributed by atoms with E-state index in [-0.39, 0.29) is 23.0 Å². The van der Waals surface area contributed by atoms with E-state index in [4.69, 9.17) is 0 Å². The van der Waals surface area contributed by atoms with Gasteiger partial charge in [0.05, 0.1) is 0 Å². The van der Waals surface area contributed by atoms with E-state index in [2.05, 4.69) is 10.2 Å². The Hall–Kier alpha value is -1.95. The molecule has 1 aliphatic rings. The second-order valence-corrected chi connectivity index (χ2v) is 7.15. The van der Waals surface area contributed by atoms with Crippen LogP contribution in [0.4, 0.5) is 4.39 Å². The summed E-state index contributed by atoms with van der Waals surface area (Å²) in [5.41, 5.74) is 0.114. The Balaban J connectivity index is 1.70. The van der Waals surface area contributed by atoms with Gasteiger partial charge in [-0.05, 0) is 24.3 Å². The normalized spacial score (nSPS) is 16.1. The third-order valence-corrected chi connectivity index (χ3v) is 4.12. The Bertz CT molecular complexity index is 573. The molecule has 1 saturated heterocycles. The number of piperazine rings is 1. The molecule has 1 heterocycles. The maximum Gasteiger partial charge on any atom is 0.251 e. The first-order valence-corrected chi connectivity index (χ1v) is 8.33. The van der Waals surface area contributed by atoms with Gasteiger partial charge in [0.1, 0.15) is 5.82 Å². The largest absolute Gasteiger partial charge is 0.351 e. The van der Waals surface area contributed by atoms with Crippen LogP contribution >= 0.6 is 0 Å². The number of hydrogen-bond donors (Lipinski definition) is 1. The van der Waals surface area contributed by atoms with Gasteiger partial charge < -0.3 is 10.2 Å². The number of rotatable bonds is 4. The van der Waals surface area contributed by atoms with Crippen LogP contribution in [0, 0.1) is 11.2 Å². The van der Waals surface area contributed by atoms with Crippen molar-refractivity contribution in [2.45, 2.75) is 20.8 Å². The summed E-state index contributed by atoms with van der Waals surface area (Å²) in [7, 11) is 0. The van der Waals surface area contributed by atoms with Gasteiger partial charge in [-0.1, -0.05) is 20.8 Å². The Morgan fingerprint density at radius 2 is 1.67 bits per heavy atom. The molecular formula is C18H26FN3O2. The molecule has 0 aliphatic carbocycles. The number of nitrogens with one attached hydrogen (secondary N) is 1. The van der Waals surface area contributed by atoms with Gasteiger partial charge in [0.25, 0.3) is 5.91 Å². The van der Waals surface area contributed by atoms with Gasteiger partial charge in [0.15, 0.2) is 0 Å². The minimum absolute atomic E-state index is 0.187. The van der Waals surface area contributed by atoms with Crippen LogP contribution in [0.1, 0.15) is 31.1 Å². The Labute approximate surface area is 142 Å². The third-order valence-electron chi connectivity index (χ3n) is 4.12. The van der Waals surface area contributed by atoms with Crippen LogP contribution in [0.25, 0.3) is 0 Å². The molecule has 5 nitrogen and oxygen atoms in total. The number of amides is 2. The van der Waals surface area contributed by atoms with Crippen LogP contribution in [-0.4, -0.2) is 60.9 Å². The van der Waals surface area contributed by atoms with Gasteiger partial charge in [0, 0.05) is 50.2 Å². The van der Waals surface area contributed by atoms with E-state index < -0.39 is 0 Å². The van der Waals surface area contributed by atoms with Crippen molar-refractivity contribution in [3.05, 3.63) is 35.6 Å². The van der Waals surface area contributed by atoms with E-state index in [1.807, 2.05) is 25.7 Å². The number of carbonyl (C=O) groups excluding carboxylic acids is 2. The van der Waals surface area contributed by atoms with Crippen molar-refractivity contribution in [2.75, 3.05) is 39.3 Å². The minimum atomic E-state index is -0.353. The molecule has 2 amide bonds. The molecule has 24 heavy (non-hydrogen) atoms. The fourth-order valence-corrected chi connectivity index (χ4v) is 2.68. The van der Waals surface area contributed by atoms with E-state index >= 15 is 0 Å². The predicted molar refractivity (Wildman–Crippen MR) is 91.2 cm³/mol. The SMILES string of the molecule is CC(C)(C)C(=O)N1CCN(CCNC(=O)c2ccc(F)cc2)CC1. The Morgan fingerprint density at radius 1 is 1.08 bits per heavy atom. The summed E-state index contributed by atoms with van der Waals surface area (Å²) >= 11 is 0. The van der Waals surface area contributed by atoms with E-state index in [1.165, 1.54) is 24.3 Å². The maximum absolute atomic E-state index is 12.8. The lowest BCUT2D eigenvalue weighted by Crippen LogP contribution is -2.52. The van der Waals surface area contributed by atoms with Crippen LogP contribution in [0.3, 0.4) is 0 Å². The second-order valence-electron chi connectivity index (χ2n) is 7.15. The molecule has 1 aromatic carbocycles. The van der Waals surface area contributed by atoms with Gasteiger partial charge in [-0.25, -0.2) is 4.39 Å². The number of hydrogen-bond acceptors (Lipinski definition) is 3. The molecule has 0 spiro atoms. The Morgan fingerprint density at radius 3 is 2.21 bits per heavy atom. The fraction of sp³-hybridized carbons (Fsp3) is 0.556. The first-order valence-electron chi connectivity index (χ1n) is 8.33. The number of carbonyl (C=O) groups is 2. The number of halogens is 1. The van der Waals surface area contributed by atoms with Crippen LogP contribution in [0.15, 0.2) is 24.3 Å². The number of nitrogens with zero attached hydrogens (tertiary/aromatic N) is 2. The van der Waals surface area contributed by atoms with Crippen LogP contribution in [0.2, 0.25) is 0 Å². The van der Waals surface area contributed by atoms with Gasteiger partial charge >= 0.3 is 0 Å². The molecule has 1 aromatic rings. The van der Waals surface area contributed by atoms with E-state index in [0.29, 0.717) is 12.1 Å². The summed E-state index contributed by atoms with van der Waals surface area (Å²) in [5.74, 6) is -0.363. The highest BCUT2D eigenvalue weighted by Crippen LogP contribution is 2.18. The molecule has 0 bridgehead atoms. The van der Waals surface area contributed by atoms with Crippen LogP contribution in [-0.2, 0) is 4.79 Å². The molecule has 1 fully saturated rings. The van der Waals surface area contributed by atoms with E-state index in [0.717, 1.165) is 32.7 Å². The van der Waals surface area contributed by atoms with Crippen molar-refractivity contribution < 1.29 is 14.0 Å². The highest BCUT2D eigenvalue weighted by Gasteiger charge is 2.29. The molecule has 0 saturated carbocycles. The molecule has 6 heteroatoms. The van der Waals surface area contributed by atoms with Gasteiger partial charge in [-0.2, -0.15) is 0 Å². The zero-order valence-electron chi connectivity index (χ0n) is 14.6. The molecule has 0 aromatic heterocycles. The lowest BCUT2D eigenvalue weighted by Gasteiger charge is -2.37. The lowest BCUT2D eigenvalue weighted by molar-refractivity contribution is -0.141. The van der Waals surface area contributed by atoms with Crippen molar-refractivity contribution in [3.63, 3.8) is 0 Å². The maximum atomic E-state index is 12.8. The van der Waals surface area contributed by atoms with Crippen molar-refractivity contribution in [1.82, 2.24) is 15.1 Å². The predicted octanol–water partition coefficient (Wildman–Crippen LogP) is 1.75. The average Bonchev–Trinajstić information content (AvgIpc) is 2.54. The summed E-state index contributed by atoms with van der Waals surface area (Å²) in [6, 6.07) is 5.50. The molecule has 1 N–H and O–H groups in total. The van der Waals surface area contributed by atoms with Crippen molar-refractivity contribution in [1.29, 1.82) is 0 Å². The van der Waals surface area contributed by atoms with Crippen molar-refractivity contribution >= 4 is 11.8 Å². The lowest BCUT2D eigenvalue weighted by atomic mass is 9.94. The molecule has 132 valence electrons. The first kappa shape index (κ1) is 18.4. The van der Waals surface area contributed by atoms with Crippen LogP contribution in [0.5, 0.6) is 0 Å². The van der Waals surface area contributed by atoms with Crippen molar-refractivity contribution in [3.8, 4) is 0 Å². The molecule has 2 rings (SSSR count). The fourth-order valence-electron chi connectivity index (χ4n) is 2.68. The Kier molecular flexibility index (Phi) is 5.94. The van der Waals surface area contributed by atoms with E-state index in [1.54, 1.807) is 0 Å². The second kappa shape index (κ2) is 7.75. The van der Waals surface area contributed by atoms with Gasteiger partial charge in [0.2, 0.25) is 5.91 Å². The quantitative estimate of drug-likeness (QED) is 0.912. The molecule has 1 aliphatic heterocycles. The summed E-state index contributed by atoms with van der Waals surface area (Å²) in [4.78, 5) is 28.3. The smallest absolute Gasteiger partial charge is 0.251 e. The highest BCUT2D eigenvalue weighted by molar-refractivity contribution is 5.94. The first-order chi connectivity index (χ1) is 11.3. The third kappa shape index (κ3) is 5.03. The highest BCUT2D eigenvalue weighted by atomic mass is 19.1. The molecular weight excluding hydrogens is 309 g/mol. The summed E-state index contributed by atoms with van der Waals surface area (Å²) in [6.45, 7) is 10.2. The summed E-state index contributed by atoms with van der Waals surface area (Å²) in [6.07, 6.45) is 0. The topological polar surface area (TPSA) is 52.7 Å². The van der Waals surface area contributed by atoms with Crippen LogP contribution < -0.4 is 5.32 Å². The molecule has 0 unspecified atom stereocenters. The minimum Gasteiger partial charge on any atom is -0.351 e. The standard InChI is InChI=1S/C18H26FN3O2/c1-18(2,3)17(24)22-12-10-21(11-13-22)9-8-20-16(23)14-4-6-15(19)7-5-14/h4-7H,8-13H2,1-3H3,(H,20,23). The number of benzene rings is 1. The summed E-state index contributed by atoms with van der Waals surface area (Å²) in [5, 5.41) is 2.84. The summed E-state index contributed by atoms with van der Waals surface area (Å²) < 4.78 is 12.8. The molecule has 0 atom stereocenters. The zero-order valence-corrected chi connectivity index (χ0v) is 14.6. The zero-order chi connectivity index (χ0) is 17.7. The van der Waals surface area contributed by atoms with Crippen molar-refractivity contribution in [2.24, 2.45) is 5.41 Å². The van der Waals surface area contributed by atoms with E-state index in [9.17, 15) is 14.0 Å². The monoisotopic (exact) mass is 335 g/mol.